The number of aromatic hydroxyl groups is 1. The molecule has 0 aliphatic carbocycles. The molecule has 88 valence electrons. The maximum Gasteiger partial charge on any atom is 0.338 e. The second-order valence-corrected chi connectivity index (χ2v) is 6.08. The minimum absolute atomic E-state index is 0.118. The average molecular weight is 242 g/mol. The number of benzene rings is 1. The molecule has 1 atom stereocenters. The summed E-state index contributed by atoms with van der Waals surface area (Å²) in [5.74, 6) is 2.83. The van der Waals surface area contributed by atoms with E-state index < -0.39 is 15.5 Å². The Hall–Kier alpha value is -1.49. The molecule has 0 saturated carbocycles. The largest absolute Gasteiger partial charge is 0.507 e. The summed E-state index contributed by atoms with van der Waals surface area (Å²) in [5.41, 5.74) is 0.852. The summed E-state index contributed by atoms with van der Waals surface area (Å²) in [6.45, 7) is 1.66. The molecule has 16 heavy (non-hydrogen) atoms. The fourth-order valence-corrected chi connectivity index (χ4v) is 2.22. The van der Waals surface area contributed by atoms with Gasteiger partial charge in [0.1, 0.15) is 5.75 Å². The maximum atomic E-state index is 11.8. The molecule has 0 amide bonds. The van der Waals surface area contributed by atoms with E-state index in [4.69, 9.17) is 0 Å². The summed E-state index contributed by atoms with van der Waals surface area (Å²) in [4.78, 5) is 11.6. The Morgan fingerprint density at radius 1 is 1.50 bits per heavy atom. The number of hydrogen-bond acceptors (Lipinski definition) is 4. The molecule has 0 aliphatic rings. The van der Waals surface area contributed by atoms with E-state index in [2.05, 4.69) is 10.6 Å². The van der Waals surface area contributed by atoms with Crippen LogP contribution in [-0.4, -0.2) is 34.5 Å². The molecular weight excluding hydrogens is 228 g/mol. The van der Waals surface area contributed by atoms with Gasteiger partial charge in [0.15, 0.2) is 0 Å². The first-order valence-corrected chi connectivity index (χ1v) is 6.65. The topological polar surface area (TPSA) is 63.6 Å². The van der Waals surface area contributed by atoms with Crippen molar-refractivity contribution < 1.29 is 18.8 Å². The van der Waals surface area contributed by atoms with E-state index in [1.54, 1.807) is 6.92 Å². The number of phenols is 1. The lowest BCUT2D eigenvalue weighted by Gasteiger charge is -2.10. The van der Waals surface area contributed by atoms with Crippen molar-refractivity contribution in [3.63, 3.8) is 0 Å². The summed E-state index contributed by atoms with van der Waals surface area (Å²) in [5, 5.41) is 9.63. The van der Waals surface area contributed by atoms with Gasteiger partial charge >= 0.3 is 5.97 Å². The molecule has 1 unspecified atom stereocenters. The molecule has 1 aromatic rings. The van der Waals surface area contributed by atoms with Crippen LogP contribution in [0.25, 0.3) is 0 Å². The third kappa shape index (κ3) is 2.36. The predicted octanol–water partition coefficient (Wildman–Crippen LogP) is 1.19. The van der Waals surface area contributed by atoms with Gasteiger partial charge in [-0.25, -0.2) is 4.79 Å². The molecule has 0 spiro atoms. The number of hydrogen-bond donors (Lipinski definition) is 1. The summed E-state index contributed by atoms with van der Waals surface area (Å²) in [7, 11) is -1.31. The Morgan fingerprint density at radius 2 is 2.06 bits per heavy atom. The van der Waals surface area contributed by atoms with Crippen LogP contribution in [0, 0.1) is 6.92 Å². The number of carbonyl (C=O) groups is 1. The molecule has 0 aromatic heterocycles. The minimum Gasteiger partial charge on any atom is -0.507 e. The zero-order valence-corrected chi connectivity index (χ0v) is 10.3. The third-order valence-corrected chi connectivity index (χ3v) is 3.43. The summed E-state index contributed by atoms with van der Waals surface area (Å²) in [6, 6.07) is 2.75. The zero-order chi connectivity index (χ0) is 12.5. The van der Waals surface area contributed by atoms with E-state index in [9.17, 15) is 14.1 Å². The Labute approximate surface area is 94.9 Å². The van der Waals surface area contributed by atoms with Crippen LogP contribution in [0.4, 0.5) is 0 Å². The lowest BCUT2D eigenvalue weighted by atomic mass is 10.1. The Balaban J connectivity index is 3.51. The molecule has 1 N–H and O–H groups in total. The van der Waals surface area contributed by atoms with E-state index in [0.717, 1.165) is 0 Å². The lowest BCUT2D eigenvalue weighted by molar-refractivity contribution is 0.0599. The standard InChI is InChI=1S/C11H14O4S/c1-7-5-9(12)10(16(3,4)14)6-8(7)11(13)15-2/h5-6,12H,3H2,1-2,4H3. The molecule has 0 fully saturated rings. The van der Waals surface area contributed by atoms with Gasteiger partial charge in [-0.3, -0.25) is 4.21 Å². The van der Waals surface area contributed by atoms with Gasteiger partial charge in [-0.1, -0.05) is 0 Å². The van der Waals surface area contributed by atoms with Crippen LogP contribution in [0.5, 0.6) is 5.75 Å². The normalized spacial score (nSPS) is 14.2. The van der Waals surface area contributed by atoms with Crippen molar-refractivity contribution in [2.24, 2.45) is 0 Å². The van der Waals surface area contributed by atoms with Gasteiger partial charge in [-0.15, -0.1) is 0 Å². The number of esters is 1. The van der Waals surface area contributed by atoms with Gasteiger partial charge in [-0.2, -0.15) is 0 Å². The van der Waals surface area contributed by atoms with Gasteiger partial charge in [-0.05, 0) is 40.0 Å². The zero-order valence-electron chi connectivity index (χ0n) is 9.44. The Kier molecular flexibility index (Phi) is 3.28. The molecule has 4 nitrogen and oxygen atoms in total. The summed E-state index contributed by atoms with van der Waals surface area (Å²) < 4.78 is 16.4. The van der Waals surface area contributed by atoms with E-state index in [-0.39, 0.29) is 16.2 Å². The van der Waals surface area contributed by atoms with Crippen LogP contribution in [0.3, 0.4) is 0 Å². The highest BCUT2D eigenvalue weighted by atomic mass is 32.2. The second kappa shape index (κ2) is 4.17. The number of ether oxygens (including phenoxy) is 1. The first kappa shape index (κ1) is 12.6. The average Bonchev–Trinajstić information content (AvgIpc) is 2.14. The van der Waals surface area contributed by atoms with Gasteiger partial charge < -0.3 is 9.84 Å². The van der Waals surface area contributed by atoms with Crippen LogP contribution in [-0.2, 0) is 14.3 Å². The molecule has 0 aliphatic heterocycles. The smallest absolute Gasteiger partial charge is 0.338 e. The first-order valence-electron chi connectivity index (χ1n) is 4.51. The minimum atomic E-state index is -2.57. The quantitative estimate of drug-likeness (QED) is 0.625. The van der Waals surface area contributed by atoms with Gasteiger partial charge in [0.25, 0.3) is 0 Å². The molecule has 0 radical (unpaired) electrons. The van der Waals surface area contributed by atoms with Crippen molar-refractivity contribution in [1.29, 1.82) is 0 Å². The highest BCUT2D eigenvalue weighted by Gasteiger charge is 2.16. The molecule has 5 heteroatoms. The second-order valence-electron chi connectivity index (χ2n) is 3.63. The number of carbonyl (C=O) groups excluding carboxylic acids is 1. The van der Waals surface area contributed by atoms with Crippen molar-refractivity contribution in [2.45, 2.75) is 11.8 Å². The molecule has 0 heterocycles. The van der Waals surface area contributed by atoms with E-state index in [0.29, 0.717) is 5.56 Å². The highest BCUT2D eigenvalue weighted by molar-refractivity contribution is 7.99. The molecule has 1 rings (SSSR count). The molecule has 0 bridgehead atoms. The molecule has 0 saturated heterocycles. The summed E-state index contributed by atoms with van der Waals surface area (Å²) in [6.07, 6.45) is 1.40. The Bertz CT molecular complexity index is 529. The van der Waals surface area contributed by atoms with Gasteiger partial charge in [0.2, 0.25) is 0 Å². The van der Waals surface area contributed by atoms with E-state index in [1.165, 1.54) is 25.5 Å². The van der Waals surface area contributed by atoms with Crippen molar-refractivity contribution in [3.8, 4) is 5.75 Å². The van der Waals surface area contributed by atoms with Crippen molar-refractivity contribution in [2.75, 3.05) is 13.4 Å². The van der Waals surface area contributed by atoms with Crippen LogP contribution in [0.15, 0.2) is 17.0 Å². The number of aryl methyl sites for hydroxylation is 1. The van der Waals surface area contributed by atoms with Gasteiger partial charge in [0, 0.05) is 6.26 Å². The predicted molar refractivity (Wildman–Crippen MR) is 63.6 cm³/mol. The fraction of sp³-hybridized carbons (Fsp3) is 0.273. The SMILES string of the molecule is C=S(C)(=O)c1cc(C(=O)OC)c(C)cc1O. The van der Waals surface area contributed by atoms with Crippen LogP contribution < -0.4 is 0 Å². The number of phenolic OH excluding ortho intramolecular Hbond substituents is 1. The van der Waals surface area contributed by atoms with E-state index >= 15 is 0 Å². The van der Waals surface area contributed by atoms with Gasteiger partial charge in [0.05, 0.1) is 17.6 Å². The van der Waals surface area contributed by atoms with Crippen molar-refractivity contribution in [1.82, 2.24) is 0 Å². The van der Waals surface area contributed by atoms with Crippen LogP contribution >= 0.6 is 0 Å². The maximum absolute atomic E-state index is 11.8. The monoisotopic (exact) mass is 242 g/mol. The third-order valence-electron chi connectivity index (χ3n) is 2.18. The number of rotatable bonds is 2. The Morgan fingerprint density at radius 3 is 2.50 bits per heavy atom. The first-order chi connectivity index (χ1) is 7.27. The van der Waals surface area contributed by atoms with Crippen molar-refractivity contribution in [3.05, 3.63) is 23.3 Å². The van der Waals surface area contributed by atoms with Crippen LogP contribution in [0.2, 0.25) is 0 Å². The lowest BCUT2D eigenvalue weighted by Crippen LogP contribution is -2.07. The summed E-state index contributed by atoms with van der Waals surface area (Å²) >= 11 is 0. The fourth-order valence-electron chi connectivity index (χ4n) is 1.35. The molecular formula is C11H14O4S. The van der Waals surface area contributed by atoms with Crippen LogP contribution in [0.1, 0.15) is 15.9 Å². The van der Waals surface area contributed by atoms with E-state index in [1.807, 2.05) is 0 Å². The highest BCUT2D eigenvalue weighted by Crippen LogP contribution is 2.26. The number of methoxy groups -OCH3 is 1. The molecule has 1 aromatic carbocycles. The van der Waals surface area contributed by atoms with Crippen molar-refractivity contribution >= 4 is 21.4 Å².